The van der Waals surface area contributed by atoms with Gasteiger partial charge in [-0.2, -0.15) is 0 Å². The third-order valence-corrected chi connectivity index (χ3v) is 3.59. The molecule has 0 amide bonds. The second-order valence-corrected chi connectivity index (χ2v) is 5.10. The summed E-state index contributed by atoms with van der Waals surface area (Å²) in [5.74, 6) is -4.13. The summed E-state index contributed by atoms with van der Waals surface area (Å²) >= 11 is 0. The Hall–Kier alpha value is -2.24. The van der Waals surface area contributed by atoms with Gasteiger partial charge in [0.25, 0.3) is 11.5 Å². The number of halogens is 2. The predicted octanol–water partition coefficient (Wildman–Crippen LogP) is 2.83. The first-order valence-corrected chi connectivity index (χ1v) is 6.64. The van der Waals surface area contributed by atoms with E-state index >= 15 is 0 Å². The Kier molecular flexibility index (Phi) is 3.04. The number of alkyl halides is 2. The molecule has 1 aromatic carbocycles. The van der Waals surface area contributed by atoms with Crippen molar-refractivity contribution in [3.63, 3.8) is 0 Å². The smallest absolute Gasteiger partial charge is 0.343 e. The Labute approximate surface area is 118 Å². The highest BCUT2D eigenvalue weighted by atomic mass is 19.3. The Morgan fingerprint density at radius 1 is 1.43 bits per heavy atom. The molecule has 1 fully saturated rings. The summed E-state index contributed by atoms with van der Waals surface area (Å²) in [5.41, 5.74) is 0.259. The highest BCUT2D eigenvalue weighted by Crippen LogP contribution is 2.55. The quantitative estimate of drug-likeness (QED) is 0.885. The Morgan fingerprint density at radius 3 is 2.76 bits per heavy atom. The number of benzene rings is 1. The van der Waals surface area contributed by atoms with Crippen LogP contribution in [0.1, 0.15) is 35.2 Å². The van der Waals surface area contributed by atoms with Gasteiger partial charge in [0.2, 0.25) is 0 Å². The van der Waals surface area contributed by atoms with Gasteiger partial charge in [-0.3, -0.25) is 4.79 Å². The average molecular weight is 293 g/mol. The average Bonchev–Trinajstić information content (AvgIpc) is 3.06. The summed E-state index contributed by atoms with van der Waals surface area (Å²) in [6.07, 6.45) is -0.163. The zero-order valence-corrected chi connectivity index (χ0v) is 11.3. The van der Waals surface area contributed by atoms with Gasteiger partial charge in [-0.05, 0) is 30.0 Å². The summed E-state index contributed by atoms with van der Waals surface area (Å²) in [7, 11) is 0. The van der Waals surface area contributed by atoms with Crippen molar-refractivity contribution in [2.24, 2.45) is 0 Å². The molecule has 110 valence electrons. The van der Waals surface area contributed by atoms with Crippen LogP contribution < -0.4 is 5.56 Å². The fraction of sp³-hybridized carbons (Fsp3) is 0.333. The maximum atomic E-state index is 13.1. The van der Waals surface area contributed by atoms with Crippen LogP contribution in [-0.4, -0.2) is 23.5 Å². The van der Waals surface area contributed by atoms with Crippen molar-refractivity contribution in [1.29, 1.82) is 0 Å². The van der Waals surface area contributed by atoms with Gasteiger partial charge in [0.15, 0.2) is 0 Å². The van der Waals surface area contributed by atoms with Crippen LogP contribution in [0.5, 0.6) is 0 Å². The number of hydrogen-bond donors (Lipinski definition) is 1. The van der Waals surface area contributed by atoms with Crippen LogP contribution in [0.25, 0.3) is 10.9 Å². The molecular formula is C15H13F2NO3. The third kappa shape index (κ3) is 2.41. The van der Waals surface area contributed by atoms with Crippen LogP contribution in [0.2, 0.25) is 0 Å². The molecule has 1 atom stereocenters. The minimum Gasteiger partial charge on any atom is -0.462 e. The lowest BCUT2D eigenvalue weighted by atomic mass is 10.1. The maximum Gasteiger partial charge on any atom is 0.343 e. The second-order valence-electron chi connectivity index (χ2n) is 5.10. The van der Waals surface area contributed by atoms with Gasteiger partial charge < -0.3 is 9.72 Å². The molecule has 1 N–H and O–H groups in total. The largest absolute Gasteiger partial charge is 0.462 e. The van der Waals surface area contributed by atoms with Crippen molar-refractivity contribution >= 4 is 16.9 Å². The number of fused-ring (bicyclic) bond motifs is 1. The van der Waals surface area contributed by atoms with E-state index in [-0.39, 0.29) is 18.6 Å². The Balaban J connectivity index is 2.03. The summed E-state index contributed by atoms with van der Waals surface area (Å²) in [6, 6.07) is 6.18. The van der Waals surface area contributed by atoms with E-state index in [1.165, 1.54) is 12.1 Å². The van der Waals surface area contributed by atoms with Crippen LogP contribution in [-0.2, 0) is 4.74 Å². The molecule has 0 radical (unpaired) electrons. The SMILES string of the molecule is CCOC(=O)c1cc2ccc(C3CC3(F)F)cc2[nH]c1=O. The van der Waals surface area contributed by atoms with Crippen LogP contribution in [0.3, 0.4) is 0 Å². The number of aromatic amines is 1. The number of rotatable bonds is 3. The summed E-state index contributed by atoms with van der Waals surface area (Å²) in [4.78, 5) is 26.1. The van der Waals surface area contributed by atoms with E-state index in [1.54, 1.807) is 19.1 Å². The number of hydrogen-bond acceptors (Lipinski definition) is 3. The van der Waals surface area contributed by atoms with Gasteiger partial charge in [-0.25, -0.2) is 13.6 Å². The lowest BCUT2D eigenvalue weighted by Crippen LogP contribution is -2.19. The van der Waals surface area contributed by atoms with Gasteiger partial charge in [0.05, 0.1) is 12.5 Å². The standard InChI is InChI=1S/C15H13F2NO3/c1-2-21-14(20)10-5-9-4-3-8(11-7-15(11,16)17)6-12(9)18-13(10)19/h3-6,11H,2,7H2,1H3,(H,18,19). The van der Waals surface area contributed by atoms with E-state index in [4.69, 9.17) is 4.74 Å². The molecule has 3 rings (SSSR count). The number of aromatic nitrogens is 1. The van der Waals surface area contributed by atoms with Crippen molar-refractivity contribution in [1.82, 2.24) is 4.98 Å². The summed E-state index contributed by atoms with van der Waals surface area (Å²) < 4.78 is 31.0. The summed E-state index contributed by atoms with van der Waals surface area (Å²) in [6.45, 7) is 1.82. The zero-order chi connectivity index (χ0) is 15.2. The number of carbonyl (C=O) groups excluding carboxylic acids is 1. The van der Waals surface area contributed by atoms with Crippen molar-refractivity contribution in [2.75, 3.05) is 6.61 Å². The first-order valence-electron chi connectivity index (χ1n) is 6.64. The molecule has 2 aromatic rings. The molecule has 0 saturated heterocycles. The molecule has 21 heavy (non-hydrogen) atoms. The van der Waals surface area contributed by atoms with E-state index in [2.05, 4.69) is 4.98 Å². The Morgan fingerprint density at radius 2 is 2.14 bits per heavy atom. The molecule has 0 aliphatic heterocycles. The lowest BCUT2D eigenvalue weighted by Gasteiger charge is -2.05. The molecule has 1 aliphatic rings. The van der Waals surface area contributed by atoms with E-state index in [0.29, 0.717) is 16.5 Å². The monoisotopic (exact) mass is 293 g/mol. The van der Waals surface area contributed by atoms with E-state index < -0.39 is 23.4 Å². The van der Waals surface area contributed by atoms with Crippen molar-refractivity contribution in [3.8, 4) is 0 Å². The van der Waals surface area contributed by atoms with Crippen LogP contribution in [0.15, 0.2) is 29.1 Å². The van der Waals surface area contributed by atoms with Gasteiger partial charge in [-0.15, -0.1) is 0 Å². The first kappa shape index (κ1) is 13.7. The van der Waals surface area contributed by atoms with Gasteiger partial charge >= 0.3 is 5.97 Å². The molecule has 4 nitrogen and oxygen atoms in total. The number of carbonyl (C=O) groups is 1. The molecule has 6 heteroatoms. The molecule has 0 bridgehead atoms. The normalized spacial score (nSPS) is 19.5. The number of pyridine rings is 1. The minimum atomic E-state index is -2.65. The molecular weight excluding hydrogens is 280 g/mol. The van der Waals surface area contributed by atoms with Gasteiger partial charge in [0.1, 0.15) is 5.56 Å². The van der Waals surface area contributed by atoms with Crippen LogP contribution in [0.4, 0.5) is 8.78 Å². The minimum absolute atomic E-state index is 0.0890. The van der Waals surface area contributed by atoms with Crippen LogP contribution in [0, 0.1) is 0 Å². The van der Waals surface area contributed by atoms with E-state index in [1.807, 2.05) is 0 Å². The highest BCUT2D eigenvalue weighted by Gasteiger charge is 2.57. The van der Waals surface area contributed by atoms with E-state index in [9.17, 15) is 18.4 Å². The number of nitrogens with one attached hydrogen (secondary N) is 1. The molecule has 1 saturated carbocycles. The number of ether oxygens (including phenoxy) is 1. The first-order chi connectivity index (χ1) is 9.92. The van der Waals surface area contributed by atoms with Gasteiger partial charge in [0, 0.05) is 11.9 Å². The van der Waals surface area contributed by atoms with Gasteiger partial charge in [-0.1, -0.05) is 12.1 Å². The van der Waals surface area contributed by atoms with E-state index in [0.717, 1.165) is 0 Å². The fourth-order valence-corrected chi connectivity index (χ4v) is 2.37. The number of H-pyrrole nitrogens is 1. The Bertz CT molecular complexity index is 782. The van der Waals surface area contributed by atoms with Crippen molar-refractivity contribution in [2.45, 2.75) is 25.2 Å². The zero-order valence-electron chi connectivity index (χ0n) is 11.3. The second kappa shape index (κ2) is 4.65. The fourth-order valence-electron chi connectivity index (χ4n) is 2.37. The van der Waals surface area contributed by atoms with Crippen LogP contribution >= 0.6 is 0 Å². The molecule has 1 aromatic heterocycles. The number of esters is 1. The molecule has 1 unspecified atom stereocenters. The lowest BCUT2D eigenvalue weighted by molar-refractivity contribution is 0.0524. The summed E-state index contributed by atoms with van der Waals surface area (Å²) in [5, 5.41) is 0.602. The van der Waals surface area contributed by atoms with Crippen molar-refractivity contribution < 1.29 is 18.3 Å². The van der Waals surface area contributed by atoms with Crippen molar-refractivity contribution in [3.05, 3.63) is 45.7 Å². The maximum absolute atomic E-state index is 13.1. The topological polar surface area (TPSA) is 59.2 Å². The predicted molar refractivity (Wildman–Crippen MR) is 72.8 cm³/mol. The highest BCUT2D eigenvalue weighted by molar-refractivity contribution is 5.93. The molecule has 1 heterocycles. The molecule has 0 spiro atoms. The molecule has 1 aliphatic carbocycles. The third-order valence-electron chi connectivity index (χ3n) is 3.59.